The van der Waals surface area contributed by atoms with E-state index in [1.165, 1.54) is 35.7 Å². The van der Waals surface area contributed by atoms with E-state index in [0.29, 0.717) is 13.1 Å². The molecule has 9 nitrogen and oxygen atoms in total. The number of nitriles is 1. The van der Waals surface area contributed by atoms with Crippen LogP contribution < -0.4 is 5.32 Å². The molecule has 2 aromatic rings. The van der Waals surface area contributed by atoms with Gasteiger partial charge in [-0.15, -0.1) is 0 Å². The second-order valence-corrected chi connectivity index (χ2v) is 8.03. The van der Waals surface area contributed by atoms with E-state index < -0.39 is 27.8 Å². The number of nitrogens with one attached hydrogen (secondary N) is 1. The van der Waals surface area contributed by atoms with Crippen LogP contribution in [0, 0.1) is 11.3 Å². The van der Waals surface area contributed by atoms with Gasteiger partial charge in [0.2, 0.25) is 15.9 Å². The average Bonchev–Trinajstić information content (AvgIpc) is 2.75. The van der Waals surface area contributed by atoms with Gasteiger partial charge < -0.3 is 10.1 Å². The summed E-state index contributed by atoms with van der Waals surface area (Å²) in [5.41, 5.74) is 0.415. The van der Waals surface area contributed by atoms with Crippen molar-refractivity contribution in [3.63, 3.8) is 0 Å². The summed E-state index contributed by atoms with van der Waals surface area (Å²) in [6.45, 7) is 4.07. The fourth-order valence-electron chi connectivity index (χ4n) is 2.77. The van der Waals surface area contributed by atoms with E-state index in [-0.39, 0.29) is 21.8 Å². The number of carbonyl (C=O) groups excluding carboxylic acids is 2. The Labute approximate surface area is 175 Å². The Morgan fingerprint density at radius 2 is 1.87 bits per heavy atom. The van der Waals surface area contributed by atoms with Crippen molar-refractivity contribution in [2.24, 2.45) is 0 Å². The number of anilines is 1. The Bertz CT molecular complexity index is 1060. The van der Waals surface area contributed by atoms with Gasteiger partial charge >= 0.3 is 5.97 Å². The smallest absolute Gasteiger partial charge is 0.339 e. The molecule has 1 amide bonds. The van der Waals surface area contributed by atoms with E-state index in [4.69, 9.17) is 0 Å². The predicted octanol–water partition coefficient (Wildman–Crippen LogP) is 2.14. The number of esters is 1. The molecular formula is C20H22N4O5S. The molecule has 0 saturated carbocycles. The zero-order chi connectivity index (χ0) is 22.3. The van der Waals surface area contributed by atoms with Crippen LogP contribution in [0.15, 0.2) is 47.5 Å². The molecule has 2 rings (SSSR count). The second-order valence-electron chi connectivity index (χ2n) is 6.10. The molecule has 0 radical (unpaired) electrons. The van der Waals surface area contributed by atoms with Crippen molar-refractivity contribution < 1.29 is 22.7 Å². The summed E-state index contributed by atoms with van der Waals surface area (Å²) >= 11 is 0. The number of ether oxygens (including phenoxy) is 1. The monoisotopic (exact) mass is 430 g/mol. The second kappa shape index (κ2) is 9.96. The predicted molar refractivity (Wildman–Crippen MR) is 109 cm³/mol. The molecule has 0 aliphatic heterocycles. The van der Waals surface area contributed by atoms with Crippen molar-refractivity contribution in [1.29, 1.82) is 5.26 Å². The van der Waals surface area contributed by atoms with Gasteiger partial charge in [0.05, 0.1) is 30.1 Å². The number of hydrogen-bond acceptors (Lipinski definition) is 7. The van der Waals surface area contributed by atoms with Crippen LogP contribution in [-0.2, 0) is 19.6 Å². The van der Waals surface area contributed by atoms with Crippen molar-refractivity contribution in [3.05, 3.63) is 53.9 Å². The van der Waals surface area contributed by atoms with Crippen LogP contribution in [0.25, 0.3) is 0 Å². The first kappa shape index (κ1) is 23.0. The van der Waals surface area contributed by atoms with Gasteiger partial charge in [-0.2, -0.15) is 9.57 Å². The van der Waals surface area contributed by atoms with E-state index in [1.54, 1.807) is 26.0 Å². The maximum atomic E-state index is 12.6. The molecule has 1 atom stereocenters. The van der Waals surface area contributed by atoms with Gasteiger partial charge in [-0.25, -0.2) is 13.2 Å². The summed E-state index contributed by atoms with van der Waals surface area (Å²) in [6.07, 6.45) is 1.13. The Hall–Kier alpha value is -3.29. The molecule has 1 aromatic carbocycles. The highest BCUT2D eigenvalue weighted by Gasteiger charge is 2.26. The maximum absolute atomic E-state index is 12.6. The number of carbonyl (C=O) groups is 2. The highest BCUT2D eigenvalue weighted by atomic mass is 32.2. The van der Waals surface area contributed by atoms with E-state index in [9.17, 15) is 23.3 Å². The average molecular weight is 430 g/mol. The summed E-state index contributed by atoms with van der Waals surface area (Å²) in [5, 5.41) is 12.0. The molecule has 0 bridgehead atoms. The molecule has 1 aromatic heterocycles. The number of nitrogens with zero attached hydrogens (tertiary/aromatic N) is 3. The number of amides is 1. The van der Waals surface area contributed by atoms with Crippen molar-refractivity contribution in [1.82, 2.24) is 9.29 Å². The lowest BCUT2D eigenvalue weighted by Crippen LogP contribution is -2.30. The molecule has 0 spiro atoms. The summed E-state index contributed by atoms with van der Waals surface area (Å²) in [6, 6.07) is 10.7. The normalized spacial score (nSPS) is 12.1. The number of para-hydroxylation sites is 1. The third kappa shape index (κ3) is 4.82. The van der Waals surface area contributed by atoms with Crippen molar-refractivity contribution in [2.75, 3.05) is 25.5 Å². The lowest BCUT2D eigenvalue weighted by molar-refractivity contribution is -0.116. The SMILES string of the molecule is CCN(CC)S(=O)(=O)c1ccc([C@@H](C#N)C(=O)Nc2ccccc2C(=O)OC)nc1. The number of hydrogen-bond donors (Lipinski definition) is 1. The fourth-order valence-corrected chi connectivity index (χ4v) is 4.18. The van der Waals surface area contributed by atoms with Crippen molar-refractivity contribution in [2.45, 2.75) is 24.7 Å². The number of aromatic nitrogens is 1. The third-order valence-corrected chi connectivity index (χ3v) is 6.41. The molecule has 0 saturated heterocycles. The van der Waals surface area contributed by atoms with Crippen LogP contribution in [0.5, 0.6) is 0 Å². The molecule has 158 valence electrons. The summed E-state index contributed by atoms with van der Waals surface area (Å²) < 4.78 is 31.1. The molecule has 0 fully saturated rings. The van der Waals surface area contributed by atoms with Crippen LogP contribution in [-0.4, -0.2) is 49.8 Å². The quantitative estimate of drug-likeness (QED) is 0.635. The first-order valence-electron chi connectivity index (χ1n) is 9.14. The Balaban J connectivity index is 2.28. The minimum Gasteiger partial charge on any atom is -0.465 e. The van der Waals surface area contributed by atoms with Crippen molar-refractivity contribution >= 4 is 27.6 Å². The summed E-state index contributed by atoms with van der Waals surface area (Å²) in [7, 11) is -2.48. The zero-order valence-electron chi connectivity index (χ0n) is 16.8. The lowest BCUT2D eigenvalue weighted by atomic mass is 10.0. The first-order chi connectivity index (χ1) is 14.3. The minimum atomic E-state index is -3.70. The highest BCUT2D eigenvalue weighted by molar-refractivity contribution is 7.89. The van der Waals surface area contributed by atoms with Crippen LogP contribution in [0.4, 0.5) is 5.69 Å². The van der Waals surface area contributed by atoms with Crippen molar-refractivity contribution in [3.8, 4) is 6.07 Å². The summed E-state index contributed by atoms with van der Waals surface area (Å²) in [4.78, 5) is 28.5. The minimum absolute atomic E-state index is 0.0249. The molecule has 10 heteroatoms. The third-order valence-electron chi connectivity index (χ3n) is 4.38. The van der Waals surface area contributed by atoms with Gasteiger partial charge in [0.1, 0.15) is 4.90 Å². The standard InChI is InChI=1S/C20H22N4O5S/c1-4-24(5-2)30(27,28)14-10-11-17(22-13-14)16(12-21)19(25)23-18-9-7-6-8-15(18)20(26)29-3/h6-11,13,16H,4-5H2,1-3H3,(H,23,25)/t16-/m1/s1. The van der Waals surface area contributed by atoms with E-state index in [2.05, 4.69) is 15.0 Å². The topological polar surface area (TPSA) is 129 Å². The van der Waals surface area contributed by atoms with Gasteiger partial charge in [0, 0.05) is 19.3 Å². The van der Waals surface area contributed by atoms with Crippen LogP contribution in [0.2, 0.25) is 0 Å². The van der Waals surface area contributed by atoms with Crippen LogP contribution in [0.3, 0.4) is 0 Å². The molecule has 1 N–H and O–H groups in total. The van der Waals surface area contributed by atoms with Gasteiger partial charge in [0.25, 0.3) is 0 Å². The first-order valence-corrected chi connectivity index (χ1v) is 10.6. The van der Waals surface area contributed by atoms with Gasteiger partial charge in [-0.3, -0.25) is 9.78 Å². The lowest BCUT2D eigenvalue weighted by Gasteiger charge is -2.18. The number of sulfonamides is 1. The number of pyridine rings is 1. The number of rotatable bonds is 8. The van der Waals surface area contributed by atoms with Gasteiger partial charge in [-0.05, 0) is 24.3 Å². The molecule has 0 unspecified atom stereocenters. The molecule has 0 aliphatic carbocycles. The maximum Gasteiger partial charge on any atom is 0.339 e. The largest absolute Gasteiger partial charge is 0.465 e. The molecule has 1 heterocycles. The zero-order valence-corrected chi connectivity index (χ0v) is 17.6. The Morgan fingerprint density at radius 1 is 1.20 bits per heavy atom. The Kier molecular flexibility index (Phi) is 7.63. The number of benzene rings is 1. The van der Waals surface area contributed by atoms with Crippen LogP contribution >= 0.6 is 0 Å². The summed E-state index contributed by atoms with van der Waals surface area (Å²) in [5.74, 6) is -2.65. The Morgan fingerprint density at radius 3 is 2.40 bits per heavy atom. The number of methoxy groups -OCH3 is 1. The molecule has 0 aliphatic rings. The fraction of sp³-hybridized carbons (Fsp3) is 0.300. The van der Waals surface area contributed by atoms with E-state index in [1.807, 2.05) is 6.07 Å². The van der Waals surface area contributed by atoms with E-state index >= 15 is 0 Å². The highest BCUT2D eigenvalue weighted by Crippen LogP contribution is 2.22. The van der Waals surface area contributed by atoms with Gasteiger partial charge in [0.15, 0.2) is 5.92 Å². The molecule has 30 heavy (non-hydrogen) atoms. The van der Waals surface area contributed by atoms with Crippen LogP contribution in [0.1, 0.15) is 35.8 Å². The van der Waals surface area contributed by atoms with Gasteiger partial charge in [-0.1, -0.05) is 26.0 Å². The van der Waals surface area contributed by atoms with E-state index in [0.717, 1.165) is 6.20 Å². The molecular weight excluding hydrogens is 408 g/mol.